The van der Waals surface area contributed by atoms with E-state index in [0.29, 0.717) is 6.42 Å². The van der Waals surface area contributed by atoms with Crippen LogP contribution in [0, 0.1) is 11.3 Å². The second kappa shape index (κ2) is 5.26. The van der Waals surface area contributed by atoms with Gasteiger partial charge in [-0.15, -0.1) is 6.58 Å². The smallest absolute Gasteiger partial charge is 0.324 e. The molecule has 0 bridgehead atoms. The third kappa shape index (κ3) is 2.38. The quantitative estimate of drug-likeness (QED) is 0.462. The van der Waals surface area contributed by atoms with Crippen LogP contribution in [-0.4, -0.2) is 19.0 Å². The van der Waals surface area contributed by atoms with E-state index >= 15 is 0 Å². The van der Waals surface area contributed by atoms with Gasteiger partial charge in [-0.1, -0.05) is 36.4 Å². The molecule has 1 aromatic carbocycles. The molecule has 4 nitrogen and oxygen atoms in total. The second-order valence-electron chi connectivity index (χ2n) is 4.57. The molecule has 0 aliphatic heterocycles. The minimum Gasteiger partial charge on any atom is -0.468 e. The van der Waals surface area contributed by atoms with Crippen molar-refractivity contribution >= 4 is 11.9 Å². The highest BCUT2D eigenvalue weighted by atomic mass is 16.6. The summed E-state index contributed by atoms with van der Waals surface area (Å²) in [4.78, 5) is 23.8. The molecule has 2 rings (SSSR count). The Labute approximate surface area is 112 Å². The number of methoxy groups -OCH3 is 1. The van der Waals surface area contributed by atoms with Crippen LogP contribution in [-0.2, 0) is 25.7 Å². The van der Waals surface area contributed by atoms with Crippen LogP contribution in [0.15, 0.2) is 43.0 Å². The van der Waals surface area contributed by atoms with Gasteiger partial charge in [0.25, 0.3) is 0 Å². The van der Waals surface area contributed by atoms with E-state index in [2.05, 4.69) is 6.58 Å². The summed E-state index contributed by atoms with van der Waals surface area (Å²) in [5.74, 6) is -1.27. The summed E-state index contributed by atoms with van der Waals surface area (Å²) in [5, 5.41) is 0. The summed E-state index contributed by atoms with van der Waals surface area (Å²) in [5.41, 5.74) is -0.294. The van der Waals surface area contributed by atoms with Crippen molar-refractivity contribution in [1.82, 2.24) is 0 Å². The van der Waals surface area contributed by atoms with Gasteiger partial charge < -0.3 is 9.47 Å². The van der Waals surface area contributed by atoms with E-state index in [0.717, 1.165) is 5.56 Å². The number of hydrogen-bond acceptors (Lipinski definition) is 4. The van der Waals surface area contributed by atoms with E-state index in [1.807, 2.05) is 30.3 Å². The second-order valence-corrected chi connectivity index (χ2v) is 4.57. The van der Waals surface area contributed by atoms with Crippen molar-refractivity contribution in [2.24, 2.45) is 11.3 Å². The Balaban J connectivity index is 2.02. The molecule has 0 spiro atoms. The molecule has 4 heteroatoms. The Kier molecular flexibility index (Phi) is 3.69. The van der Waals surface area contributed by atoms with Crippen molar-refractivity contribution in [2.45, 2.75) is 13.0 Å². The van der Waals surface area contributed by atoms with Gasteiger partial charge in [0.2, 0.25) is 0 Å². The fourth-order valence-electron chi connectivity index (χ4n) is 2.16. The van der Waals surface area contributed by atoms with Gasteiger partial charge in [-0.05, 0) is 12.0 Å². The molecule has 0 radical (unpaired) electrons. The van der Waals surface area contributed by atoms with Crippen molar-refractivity contribution in [2.75, 3.05) is 7.11 Å². The third-order valence-corrected chi connectivity index (χ3v) is 3.43. The largest absolute Gasteiger partial charge is 0.468 e. The molecule has 1 aliphatic carbocycles. The van der Waals surface area contributed by atoms with Gasteiger partial charge in [0.05, 0.1) is 7.11 Å². The average Bonchev–Trinajstić information content (AvgIpc) is 3.21. The first-order valence-electron chi connectivity index (χ1n) is 6.07. The summed E-state index contributed by atoms with van der Waals surface area (Å²) in [6.07, 6.45) is 2.01. The molecular formula is C15H16O4. The monoisotopic (exact) mass is 260 g/mol. The van der Waals surface area contributed by atoms with Crippen LogP contribution in [0.2, 0.25) is 0 Å². The van der Waals surface area contributed by atoms with Crippen molar-refractivity contribution in [3.8, 4) is 0 Å². The number of carbonyl (C=O) groups is 2. The first-order chi connectivity index (χ1) is 9.15. The van der Waals surface area contributed by atoms with Crippen molar-refractivity contribution < 1.29 is 19.1 Å². The normalized spacial score (nSPS) is 24.4. The van der Waals surface area contributed by atoms with Gasteiger partial charge in [0.15, 0.2) is 5.41 Å². The number of allylic oxidation sites excluding steroid dienone is 1. The van der Waals surface area contributed by atoms with Crippen LogP contribution in [0.3, 0.4) is 0 Å². The molecule has 1 aliphatic rings. The molecule has 0 saturated heterocycles. The predicted octanol–water partition coefficient (Wildman–Crippen LogP) is 2.10. The highest BCUT2D eigenvalue weighted by molar-refractivity contribution is 6.04. The molecule has 1 fully saturated rings. The highest BCUT2D eigenvalue weighted by Crippen LogP contribution is 2.55. The van der Waals surface area contributed by atoms with E-state index in [1.165, 1.54) is 7.11 Å². The number of carbonyl (C=O) groups excluding carboxylic acids is 2. The van der Waals surface area contributed by atoms with Crippen molar-refractivity contribution in [3.05, 3.63) is 48.6 Å². The van der Waals surface area contributed by atoms with E-state index in [1.54, 1.807) is 6.08 Å². The lowest BCUT2D eigenvalue weighted by atomic mass is 10.0. The lowest BCUT2D eigenvalue weighted by Gasteiger charge is -2.13. The molecule has 0 amide bonds. The molecule has 0 heterocycles. The Morgan fingerprint density at radius 2 is 2.05 bits per heavy atom. The van der Waals surface area contributed by atoms with Gasteiger partial charge in [-0.2, -0.15) is 0 Å². The topological polar surface area (TPSA) is 52.6 Å². The highest BCUT2D eigenvalue weighted by Gasteiger charge is 2.66. The SMILES string of the molecule is C=C[C@@H]1C[C@@]1(C(=O)OC)C(=O)OCc1ccccc1. The van der Waals surface area contributed by atoms with E-state index < -0.39 is 17.4 Å². The molecule has 0 aromatic heterocycles. The molecule has 1 aromatic rings. The number of esters is 2. The van der Waals surface area contributed by atoms with E-state index in [-0.39, 0.29) is 12.5 Å². The number of ether oxygens (including phenoxy) is 2. The Morgan fingerprint density at radius 1 is 1.37 bits per heavy atom. The summed E-state index contributed by atoms with van der Waals surface area (Å²) in [7, 11) is 1.27. The van der Waals surface area contributed by atoms with Gasteiger partial charge in [0.1, 0.15) is 6.61 Å². The zero-order chi connectivity index (χ0) is 13.9. The number of hydrogen-bond donors (Lipinski definition) is 0. The fraction of sp³-hybridized carbons (Fsp3) is 0.333. The van der Waals surface area contributed by atoms with E-state index in [4.69, 9.17) is 9.47 Å². The summed E-state index contributed by atoms with van der Waals surface area (Å²) >= 11 is 0. The molecule has 0 unspecified atom stereocenters. The van der Waals surface area contributed by atoms with Gasteiger partial charge in [0, 0.05) is 5.92 Å². The Hall–Kier alpha value is -2.10. The zero-order valence-corrected chi connectivity index (χ0v) is 10.8. The summed E-state index contributed by atoms with van der Waals surface area (Å²) in [6.45, 7) is 3.77. The van der Waals surface area contributed by atoms with Gasteiger partial charge in [-0.25, -0.2) is 0 Å². The third-order valence-electron chi connectivity index (χ3n) is 3.43. The lowest BCUT2D eigenvalue weighted by Crippen LogP contribution is -2.30. The number of rotatable bonds is 5. The average molecular weight is 260 g/mol. The van der Waals surface area contributed by atoms with Crippen LogP contribution in [0.25, 0.3) is 0 Å². The summed E-state index contributed by atoms with van der Waals surface area (Å²) < 4.78 is 9.92. The maximum atomic E-state index is 12.1. The molecule has 2 atom stereocenters. The lowest BCUT2D eigenvalue weighted by molar-refractivity contribution is -0.164. The molecule has 100 valence electrons. The van der Waals surface area contributed by atoms with Crippen molar-refractivity contribution in [1.29, 1.82) is 0 Å². The van der Waals surface area contributed by atoms with Crippen LogP contribution in [0.4, 0.5) is 0 Å². The maximum absolute atomic E-state index is 12.1. The van der Waals surface area contributed by atoms with Gasteiger partial charge in [-0.3, -0.25) is 9.59 Å². The van der Waals surface area contributed by atoms with Crippen molar-refractivity contribution in [3.63, 3.8) is 0 Å². The van der Waals surface area contributed by atoms with Crippen LogP contribution in [0.1, 0.15) is 12.0 Å². The fourth-order valence-corrected chi connectivity index (χ4v) is 2.16. The standard InChI is InChI=1S/C15H16O4/c1-3-12-9-15(12,13(16)18-2)14(17)19-10-11-7-5-4-6-8-11/h3-8,12H,1,9-10H2,2H3/t12-,15-/m1/s1. The van der Waals surface area contributed by atoms with Crippen LogP contribution >= 0.6 is 0 Å². The van der Waals surface area contributed by atoms with Gasteiger partial charge >= 0.3 is 11.9 Å². The predicted molar refractivity (Wildman–Crippen MR) is 69.0 cm³/mol. The number of benzene rings is 1. The maximum Gasteiger partial charge on any atom is 0.324 e. The minimum absolute atomic E-state index is 0.155. The Morgan fingerprint density at radius 3 is 2.58 bits per heavy atom. The minimum atomic E-state index is -1.18. The van der Waals surface area contributed by atoms with E-state index in [9.17, 15) is 9.59 Å². The van der Waals surface area contributed by atoms with Crippen LogP contribution in [0.5, 0.6) is 0 Å². The first kappa shape index (κ1) is 13.3. The zero-order valence-electron chi connectivity index (χ0n) is 10.8. The molecular weight excluding hydrogens is 244 g/mol. The first-order valence-corrected chi connectivity index (χ1v) is 6.07. The molecule has 0 N–H and O–H groups in total. The molecule has 1 saturated carbocycles. The van der Waals surface area contributed by atoms with Crippen LogP contribution < -0.4 is 0 Å². The molecule has 19 heavy (non-hydrogen) atoms. The Bertz CT molecular complexity index is 494. The summed E-state index contributed by atoms with van der Waals surface area (Å²) in [6, 6.07) is 9.33.